The second-order valence-corrected chi connectivity index (χ2v) is 6.11. The Bertz CT molecular complexity index is 961. The van der Waals surface area contributed by atoms with Gasteiger partial charge in [0.1, 0.15) is 0 Å². The van der Waals surface area contributed by atoms with Gasteiger partial charge in [-0.25, -0.2) is 0 Å². The minimum absolute atomic E-state index is 1.03. The highest BCUT2D eigenvalue weighted by Gasteiger charge is 2.09. The van der Waals surface area contributed by atoms with Gasteiger partial charge in [-0.3, -0.25) is 0 Å². The van der Waals surface area contributed by atoms with Crippen molar-refractivity contribution in [2.24, 2.45) is 0 Å². The van der Waals surface area contributed by atoms with E-state index < -0.39 is 0 Å². The Morgan fingerprint density at radius 1 is 0.583 bits per heavy atom. The zero-order valence-corrected chi connectivity index (χ0v) is 13.9. The summed E-state index contributed by atoms with van der Waals surface area (Å²) in [5, 5.41) is 2.67. The molecule has 0 amide bonds. The van der Waals surface area contributed by atoms with Crippen LogP contribution in [0.15, 0.2) is 91.0 Å². The maximum absolute atomic E-state index is 2.34. The molecular weight excluding hydrogens is 288 g/mol. The summed E-state index contributed by atoms with van der Waals surface area (Å²) in [4.78, 5) is 0. The van der Waals surface area contributed by atoms with Crippen molar-refractivity contribution in [2.45, 2.75) is 13.3 Å². The summed E-state index contributed by atoms with van der Waals surface area (Å²) in [5.41, 5.74) is 6.61. The molecule has 0 heterocycles. The minimum atomic E-state index is 1.03. The van der Waals surface area contributed by atoms with E-state index >= 15 is 0 Å². The predicted molar refractivity (Wildman–Crippen MR) is 104 cm³/mol. The van der Waals surface area contributed by atoms with E-state index in [-0.39, 0.29) is 0 Å². The molecule has 0 saturated carbocycles. The molecule has 0 aliphatic rings. The molecule has 4 rings (SSSR count). The van der Waals surface area contributed by atoms with Gasteiger partial charge in [-0.15, -0.1) is 0 Å². The van der Waals surface area contributed by atoms with Gasteiger partial charge in [-0.2, -0.15) is 0 Å². The highest BCUT2D eigenvalue weighted by Crippen LogP contribution is 2.33. The molecule has 0 radical (unpaired) electrons. The molecule has 0 nitrogen and oxygen atoms in total. The van der Waals surface area contributed by atoms with Crippen LogP contribution >= 0.6 is 0 Å². The predicted octanol–water partition coefficient (Wildman–Crippen LogP) is 6.74. The third kappa shape index (κ3) is 2.61. The van der Waals surface area contributed by atoms with Crippen LogP contribution in [0.2, 0.25) is 0 Å². The Hall–Kier alpha value is -2.86. The number of hydrogen-bond donors (Lipinski definition) is 0. The van der Waals surface area contributed by atoms with Crippen LogP contribution in [0.5, 0.6) is 0 Å². The monoisotopic (exact) mass is 308 g/mol. The van der Waals surface area contributed by atoms with Crippen LogP contribution in [0.25, 0.3) is 33.0 Å². The number of fused-ring (bicyclic) bond motifs is 1. The molecule has 0 atom stereocenters. The zero-order valence-electron chi connectivity index (χ0n) is 13.9. The van der Waals surface area contributed by atoms with Gasteiger partial charge in [0.05, 0.1) is 0 Å². The lowest BCUT2D eigenvalue weighted by atomic mass is 9.91. The summed E-state index contributed by atoms with van der Waals surface area (Å²) in [6.07, 6.45) is 1.03. The highest BCUT2D eigenvalue weighted by atomic mass is 14.1. The van der Waals surface area contributed by atoms with E-state index in [0.717, 1.165) is 6.42 Å². The summed E-state index contributed by atoms with van der Waals surface area (Å²) in [6.45, 7) is 2.25. The maximum Gasteiger partial charge on any atom is -0.0140 e. The van der Waals surface area contributed by atoms with E-state index in [9.17, 15) is 0 Å². The van der Waals surface area contributed by atoms with Gasteiger partial charge < -0.3 is 0 Å². The molecule has 4 aromatic rings. The molecule has 0 aliphatic carbocycles. The number of benzene rings is 4. The largest absolute Gasteiger partial charge is 0.0622 e. The van der Waals surface area contributed by atoms with Crippen molar-refractivity contribution in [2.75, 3.05) is 0 Å². The second-order valence-electron chi connectivity index (χ2n) is 6.11. The molecular formula is C24H20. The average molecular weight is 308 g/mol. The number of hydrogen-bond acceptors (Lipinski definition) is 0. The lowest BCUT2D eigenvalue weighted by Gasteiger charge is -2.13. The van der Waals surface area contributed by atoms with Crippen molar-refractivity contribution in [3.8, 4) is 22.3 Å². The zero-order chi connectivity index (χ0) is 16.4. The summed E-state index contributed by atoms with van der Waals surface area (Å²) >= 11 is 0. The number of aryl methyl sites for hydroxylation is 1. The van der Waals surface area contributed by atoms with Crippen LogP contribution in [0, 0.1) is 0 Å². The number of rotatable bonds is 3. The van der Waals surface area contributed by atoms with E-state index in [4.69, 9.17) is 0 Å². The Morgan fingerprint density at radius 3 is 1.88 bits per heavy atom. The molecule has 4 aromatic carbocycles. The first-order chi connectivity index (χ1) is 11.9. The Kier molecular flexibility index (Phi) is 3.88. The SMILES string of the molecule is CCc1c(-c2ccccc2)ccc2ccc(-c3ccccc3)cc12. The topological polar surface area (TPSA) is 0 Å². The van der Waals surface area contributed by atoms with Gasteiger partial charge >= 0.3 is 0 Å². The summed E-state index contributed by atoms with van der Waals surface area (Å²) < 4.78 is 0. The third-order valence-corrected chi connectivity index (χ3v) is 4.68. The van der Waals surface area contributed by atoms with E-state index in [1.54, 1.807) is 0 Å². The fraction of sp³-hybridized carbons (Fsp3) is 0.0833. The van der Waals surface area contributed by atoms with Crippen molar-refractivity contribution in [1.82, 2.24) is 0 Å². The van der Waals surface area contributed by atoms with Gasteiger partial charge in [-0.1, -0.05) is 91.9 Å². The van der Waals surface area contributed by atoms with Gasteiger partial charge in [0.25, 0.3) is 0 Å². The maximum atomic E-state index is 2.34. The Morgan fingerprint density at radius 2 is 1.21 bits per heavy atom. The fourth-order valence-electron chi connectivity index (χ4n) is 3.46. The second kappa shape index (κ2) is 6.33. The molecule has 0 unspecified atom stereocenters. The van der Waals surface area contributed by atoms with Gasteiger partial charge in [0.15, 0.2) is 0 Å². The average Bonchev–Trinajstić information content (AvgIpc) is 2.68. The molecule has 0 spiro atoms. The van der Waals surface area contributed by atoms with Crippen LogP contribution in [-0.2, 0) is 6.42 Å². The smallest absolute Gasteiger partial charge is 0.0140 e. The lowest BCUT2D eigenvalue weighted by molar-refractivity contribution is 1.16. The first-order valence-corrected chi connectivity index (χ1v) is 8.53. The third-order valence-electron chi connectivity index (χ3n) is 4.68. The summed E-state index contributed by atoms with van der Waals surface area (Å²) in [7, 11) is 0. The molecule has 0 aliphatic heterocycles. The summed E-state index contributed by atoms with van der Waals surface area (Å²) in [6, 6.07) is 32.6. The minimum Gasteiger partial charge on any atom is -0.0622 e. The normalized spacial score (nSPS) is 10.9. The van der Waals surface area contributed by atoms with Crippen molar-refractivity contribution in [3.05, 3.63) is 96.6 Å². The van der Waals surface area contributed by atoms with Crippen molar-refractivity contribution >= 4 is 10.8 Å². The summed E-state index contributed by atoms with van der Waals surface area (Å²) in [5.74, 6) is 0. The molecule has 0 N–H and O–H groups in total. The molecule has 0 heteroatoms. The van der Waals surface area contributed by atoms with Crippen molar-refractivity contribution < 1.29 is 0 Å². The van der Waals surface area contributed by atoms with Crippen LogP contribution < -0.4 is 0 Å². The van der Waals surface area contributed by atoms with Gasteiger partial charge in [0.2, 0.25) is 0 Å². The van der Waals surface area contributed by atoms with E-state index in [1.165, 1.54) is 38.6 Å². The molecule has 0 bridgehead atoms. The van der Waals surface area contributed by atoms with Crippen LogP contribution in [-0.4, -0.2) is 0 Å². The Balaban J connectivity index is 1.95. The standard InChI is InChI=1S/C24H20/c1-2-22-23(19-11-7-4-8-12-19)16-15-20-13-14-21(17-24(20)22)18-9-5-3-6-10-18/h3-17H,2H2,1H3. The van der Waals surface area contributed by atoms with Gasteiger partial charge in [0, 0.05) is 0 Å². The van der Waals surface area contributed by atoms with E-state index in [1.807, 2.05) is 0 Å². The quantitative estimate of drug-likeness (QED) is 0.393. The van der Waals surface area contributed by atoms with Crippen LogP contribution in [0.4, 0.5) is 0 Å². The lowest BCUT2D eigenvalue weighted by Crippen LogP contribution is -1.91. The van der Waals surface area contributed by atoms with Gasteiger partial charge in [-0.05, 0) is 51.1 Å². The fourth-order valence-corrected chi connectivity index (χ4v) is 3.46. The molecule has 0 fully saturated rings. The Labute approximate surface area is 143 Å². The molecule has 116 valence electrons. The molecule has 24 heavy (non-hydrogen) atoms. The van der Waals surface area contributed by atoms with Crippen molar-refractivity contribution in [3.63, 3.8) is 0 Å². The van der Waals surface area contributed by atoms with E-state index in [0.29, 0.717) is 0 Å². The molecule has 0 aromatic heterocycles. The first-order valence-electron chi connectivity index (χ1n) is 8.53. The van der Waals surface area contributed by atoms with Crippen LogP contribution in [0.3, 0.4) is 0 Å². The van der Waals surface area contributed by atoms with Crippen molar-refractivity contribution in [1.29, 1.82) is 0 Å². The van der Waals surface area contributed by atoms with Crippen LogP contribution in [0.1, 0.15) is 12.5 Å². The van der Waals surface area contributed by atoms with E-state index in [2.05, 4.69) is 97.9 Å². The highest BCUT2D eigenvalue weighted by molar-refractivity contribution is 5.94. The first kappa shape index (κ1) is 14.7. The molecule has 0 saturated heterocycles.